The molecule has 116 valence electrons. The molecule has 4 heteroatoms. The normalized spacial score (nSPS) is 11.7. The number of aliphatic hydroxyl groups excluding tert-OH is 1. The van der Waals surface area contributed by atoms with Crippen LogP contribution in [0, 0.1) is 0 Å². The van der Waals surface area contributed by atoms with Gasteiger partial charge in [0.25, 0.3) is 0 Å². The summed E-state index contributed by atoms with van der Waals surface area (Å²) in [5.74, 6) is 0. The van der Waals surface area contributed by atoms with Crippen LogP contribution in [0.15, 0.2) is 54.6 Å². The van der Waals surface area contributed by atoms with E-state index in [2.05, 4.69) is 17.6 Å². The summed E-state index contributed by atoms with van der Waals surface area (Å²) in [6, 6.07) is 17.1. The van der Waals surface area contributed by atoms with E-state index in [1.807, 2.05) is 54.6 Å². The van der Waals surface area contributed by atoms with Crippen molar-refractivity contribution in [1.82, 2.24) is 5.32 Å². The molecule has 2 aromatic rings. The van der Waals surface area contributed by atoms with Crippen molar-refractivity contribution >= 4 is 11.7 Å². The van der Waals surface area contributed by atoms with Gasteiger partial charge in [0.05, 0.1) is 6.10 Å². The first-order valence-corrected chi connectivity index (χ1v) is 7.53. The smallest absolute Gasteiger partial charge is 0.319 e. The molecular weight excluding hydrogens is 276 g/mol. The van der Waals surface area contributed by atoms with Gasteiger partial charge in [0.15, 0.2) is 0 Å². The highest BCUT2D eigenvalue weighted by Gasteiger charge is 2.08. The fourth-order valence-corrected chi connectivity index (χ4v) is 2.21. The summed E-state index contributed by atoms with van der Waals surface area (Å²) in [6.07, 6.45) is 0.842. The van der Waals surface area contributed by atoms with Gasteiger partial charge in [-0.05, 0) is 29.7 Å². The minimum absolute atomic E-state index is 0.216. The predicted octanol–water partition coefficient (Wildman–Crippen LogP) is 2.97. The summed E-state index contributed by atoms with van der Waals surface area (Å²) in [7, 11) is 0. The average Bonchev–Trinajstić information content (AvgIpc) is 2.54. The number of anilines is 1. The molecule has 0 bridgehead atoms. The maximum atomic E-state index is 11.8. The minimum Gasteiger partial charge on any atom is -0.391 e. The first-order chi connectivity index (χ1) is 10.7. The van der Waals surface area contributed by atoms with Gasteiger partial charge in [0.2, 0.25) is 0 Å². The van der Waals surface area contributed by atoms with Gasteiger partial charge < -0.3 is 15.7 Å². The van der Waals surface area contributed by atoms with Crippen LogP contribution in [-0.2, 0) is 12.8 Å². The molecule has 2 amide bonds. The van der Waals surface area contributed by atoms with Crippen molar-refractivity contribution in [3.63, 3.8) is 0 Å². The second-order valence-corrected chi connectivity index (χ2v) is 5.23. The monoisotopic (exact) mass is 298 g/mol. The molecule has 0 saturated heterocycles. The number of benzene rings is 2. The van der Waals surface area contributed by atoms with E-state index in [4.69, 9.17) is 0 Å². The van der Waals surface area contributed by atoms with E-state index in [1.54, 1.807) is 0 Å². The third kappa shape index (κ3) is 5.22. The Kier molecular flexibility index (Phi) is 5.98. The zero-order valence-corrected chi connectivity index (χ0v) is 12.8. The Balaban J connectivity index is 1.77. The summed E-state index contributed by atoms with van der Waals surface area (Å²) < 4.78 is 0. The third-order valence-electron chi connectivity index (χ3n) is 3.41. The highest BCUT2D eigenvalue weighted by molar-refractivity contribution is 5.89. The van der Waals surface area contributed by atoms with Crippen molar-refractivity contribution < 1.29 is 9.90 Å². The number of carbonyl (C=O) groups is 1. The number of aryl methyl sites for hydroxylation is 1. The van der Waals surface area contributed by atoms with Crippen LogP contribution in [0.25, 0.3) is 0 Å². The molecule has 0 spiro atoms. The van der Waals surface area contributed by atoms with Crippen molar-refractivity contribution in [2.45, 2.75) is 25.9 Å². The van der Waals surface area contributed by atoms with Crippen molar-refractivity contribution in [1.29, 1.82) is 0 Å². The van der Waals surface area contributed by atoms with E-state index in [9.17, 15) is 9.90 Å². The molecule has 0 aliphatic carbocycles. The number of hydrogen-bond donors (Lipinski definition) is 3. The van der Waals surface area contributed by atoms with Crippen LogP contribution in [0.3, 0.4) is 0 Å². The maximum Gasteiger partial charge on any atom is 0.319 e. The Labute approximate surface area is 131 Å². The zero-order valence-electron chi connectivity index (χ0n) is 12.8. The van der Waals surface area contributed by atoms with Gasteiger partial charge in [0, 0.05) is 18.7 Å². The maximum absolute atomic E-state index is 11.8. The predicted molar refractivity (Wildman–Crippen MR) is 89.0 cm³/mol. The number of nitrogens with one attached hydrogen (secondary N) is 2. The standard InChI is InChI=1S/C18H22N2O2/c1-2-14-9-6-10-16(11-14)20-18(22)19-13-17(21)12-15-7-4-3-5-8-15/h3-11,17,21H,2,12-13H2,1H3,(H2,19,20,22). The Morgan fingerprint density at radius 3 is 2.55 bits per heavy atom. The first kappa shape index (κ1) is 16.0. The van der Waals surface area contributed by atoms with Crippen LogP contribution >= 0.6 is 0 Å². The van der Waals surface area contributed by atoms with Gasteiger partial charge >= 0.3 is 6.03 Å². The molecule has 1 atom stereocenters. The van der Waals surface area contributed by atoms with Crippen LogP contribution in [0.2, 0.25) is 0 Å². The number of rotatable bonds is 6. The molecule has 4 nitrogen and oxygen atoms in total. The summed E-state index contributed by atoms with van der Waals surface area (Å²) in [5, 5.41) is 15.4. The van der Waals surface area contributed by atoms with Gasteiger partial charge in [-0.1, -0.05) is 49.4 Å². The number of carbonyl (C=O) groups excluding carboxylic acids is 1. The minimum atomic E-state index is -0.602. The lowest BCUT2D eigenvalue weighted by Gasteiger charge is -2.13. The van der Waals surface area contributed by atoms with Gasteiger partial charge in [0.1, 0.15) is 0 Å². The SMILES string of the molecule is CCc1cccc(NC(=O)NCC(O)Cc2ccccc2)c1. The molecule has 2 rings (SSSR count). The van der Waals surface area contributed by atoms with E-state index in [-0.39, 0.29) is 12.6 Å². The fourth-order valence-electron chi connectivity index (χ4n) is 2.21. The summed E-state index contributed by atoms with van der Waals surface area (Å²) >= 11 is 0. The second-order valence-electron chi connectivity index (χ2n) is 5.23. The number of urea groups is 1. The van der Waals surface area contributed by atoms with Crippen LogP contribution < -0.4 is 10.6 Å². The topological polar surface area (TPSA) is 61.4 Å². The highest BCUT2D eigenvalue weighted by Crippen LogP contribution is 2.10. The van der Waals surface area contributed by atoms with Crippen molar-refractivity contribution in [2.75, 3.05) is 11.9 Å². The van der Waals surface area contributed by atoms with E-state index in [0.29, 0.717) is 6.42 Å². The molecule has 0 fully saturated rings. The molecule has 1 unspecified atom stereocenters. The fraction of sp³-hybridized carbons (Fsp3) is 0.278. The quantitative estimate of drug-likeness (QED) is 0.768. The molecule has 0 saturated carbocycles. The largest absolute Gasteiger partial charge is 0.391 e. The van der Waals surface area contributed by atoms with Crippen molar-refractivity contribution in [2.24, 2.45) is 0 Å². The van der Waals surface area contributed by atoms with Gasteiger partial charge in [-0.15, -0.1) is 0 Å². The number of amides is 2. The molecule has 3 N–H and O–H groups in total. The van der Waals surface area contributed by atoms with Gasteiger partial charge in [-0.25, -0.2) is 4.79 Å². The molecule has 0 aliphatic rings. The molecule has 0 heterocycles. The number of hydrogen-bond acceptors (Lipinski definition) is 2. The Morgan fingerprint density at radius 1 is 1.09 bits per heavy atom. The first-order valence-electron chi connectivity index (χ1n) is 7.53. The van der Waals surface area contributed by atoms with Crippen LogP contribution in [0.1, 0.15) is 18.1 Å². The zero-order chi connectivity index (χ0) is 15.8. The molecular formula is C18H22N2O2. The molecule has 0 radical (unpaired) electrons. The van der Waals surface area contributed by atoms with E-state index >= 15 is 0 Å². The van der Waals surface area contributed by atoms with Crippen LogP contribution in [0.5, 0.6) is 0 Å². The summed E-state index contributed by atoms with van der Waals surface area (Å²) in [4.78, 5) is 11.8. The van der Waals surface area contributed by atoms with E-state index in [0.717, 1.165) is 17.7 Å². The third-order valence-corrected chi connectivity index (χ3v) is 3.41. The van der Waals surface area contributed by atoms with Crippen LogP contribution in [0.4, 0.5) is 10.5 Å². The lowest BCUT2D eigenvalue weighted by molar-refractivity contribution is 0.172. The van der Waals surface area contributed by atoms with Gasteiger partial charge in [-0.2, -0.15) is 0 Å². The Morgan fingerprint density at radius 2 is 1.82 bits per heavy atom. The lowest BCUT2D eigenvalue weighted by Crippen LogP contribution is -2.36. The molecule has 2 aromatic carbocycles. The average molecular weight is 298 g/mol. The van der Waals surface area contributed by atoms with Crippen LogP contribution in [-0.4, -0.2) is 23.8 Å². The van der Waals surface area contributed by atoms with Gasteiger partial charge in [-0.3, -0.25) is 0 Å². The molecule has 0 aromatic heterocycles. The lowest BCUT2D eigenvalue weighted by atomic mass is 10.1. The summed E-state index contributed by atoms with van der Waals surface area (Å²) in [6.45, 7) is 2.29. The van der Waals surface area contributed by atoms with E-state index in [1.165, 1.54) is 5.56 Å². The second kappa shape index (κ2) is 8.20. The van der Waals surface area contributed by atoms with E-state index < -0.39 is 6.10 Å². The van der Waals surface area contributed by atoms with Crippen molar-refractivity contribution in [3.05, 3.63) is 65.7 Å². The Bertz CT molecular complexity index is 599. The van der Waals surface area contributed by atoms with Crippen molar-refractivity contribution in [3.8, 4) is 0 Å². The Hall–Kier alpha value is -2.33. The number of aliphatic hydroxyl groups is 1. The highest BCUT2D eigenvalue weighted by atomic mass is 16.3. The summed E-state index contributed by atoms with van der Waals surface area (Å²) in [5.41, 5.74) is 2.98. The molecule has 22 heavy (non-hydrogen) atoms. The molecule has 0 aliphatic heterocycles.